The lowest BCUT2D eigenvalue weighted by molar-refractivity contribution is -0.237. The van der Waals surface area contributed by atoms with Crippen LogP contribution in [0.2, 0.25) is 0 Å². The molecule has 8 nitrogen and oxygen atoms in total. The van der Waals surface area contributed by atoms with Gasteiger partial charge in [0.25, 0.3) is 5.56 Å². The number of aliphatic hydroxyl groups is 3. The lowest BCUT2D eigenvalue weighted by Crippen LogP contribution is -2.56. The van der Waals surface area contributed by atoms with Gasteiger partial charge >= 0.3 is 5.69 Å². The van der Waals surface area contributed by atoms with Crippen LogP contribution < -0.4 is 11.2 Å². The lowest BCUT2D eigenvalue weighted by Gasteiger charge is -2.39. The second-order valence-corrected chi connectivity index (χ2v) is 4.32. The van der Waals surface area contributed by atoms with E-state index in [1.54, 1.807) is 4.98 Å². The number of aliphatic hydroxyl groups excluding tert-OH is 3. The van der Waals surface area contributed by atoms with E-state index in [1.807, 2.05) is 0 Å². The summed E-state index contributed by atoms with van der Waals surface area (Å²) in [5.41, 5.74) is -2.40. The van der Waals surface area contributed by atoms with E-state index in [9.17, 15) is 28.6 Å². The Morgan fingerprint density at radius 2 is 2.00 bits per heavy atom. The van der Waals surface area contributed by atoms with Crippen molar-refractivity contribution >= 4 is 0 Å². The molecule has 0 radical (unpaired) electrons. The normalized spacial score (nSPS) is 34.1. The number of nitrogens with zero attached hydrogens (tertiary/aromatic N) is 1. The molecule has 1 aromatic heterocycles. The zero-order valence-corrected chi connectivity index (χ0v) is 9.94. The Morgan fingerprint density at radius 1 is 1.35 bits per heavy atom. The Kier molecular flexibility index (Phi) is 3.99. The number of hydrogen-bond acceptors (Lipinski definition) is 6. The number of rotatable bonds is 2. The molecule has 1 aliphatic rings. The van der Waals surface area contributed by atoms with Crippen molar-refractivity contribution in [1.29, 1.82) is 0 Å². The van der Waals surface area contributed by atoms with Gasteiger partial charge in [-0.15, -0.1) is 0 Å². The van der Waals surface area contributed by atoms with Crippen LogP contribution >= 0.6 is 0 Å². The summed E-state index contributed by atoms with van der Waals surface area (Å²) in [6, 6.07) is 0. The van der Waals surface area contributed by atoms with E-state index in [2.05, 4.69) is 0 Å². The summed E-state index contributed by atoms with van der Waals surface area (Å²) in [7, 11) is 0. The van der Waals surface area contributed by atoms with E-state index >= 15 is 0 Å². The van der Waals surface area contributed by atoms with Gasteiger partial charge in [0.15, 0.2) is 12.4 Å². The summed E-state index contributed by atoms with van der Waals surface area (Å²) in [5.74, 6) is -1.33. The fraction of sp³-hybridized carbons (Fsp3) is 0.600. The average molecular weight is 294 g/mol. The first-order valence-electron chi connectivity index (χ1n) is 5.64. The molecular formula is C10H12F2N2O6. The highest BCUT2D eigenvalue weighted by Crippen LogP contribution is 2.28. The fourth-order valence-electron chi connectivity index (χ4n) is 1.94. The Morgan fingerprint density at radius 3 is 2.60 bits per heavy atom. The summed E-state index contributed by atoms with van der Waals surface area (Å²) in [5, 5.41) is 28.0. The molecule has 0 amide bonds. The topological polar surface area (TPSA) is 125 Å². The first-order chi connectivity index (χ1) is 9.36. The Balaban J connectivity index is 2.44. The van der Waals surface area contributed by atoms with Gasteiger partial charge in [0.05, 0.1) is 12.8 Å². The van der Waals surface area contributed by atoms with Crippen molar-refractivity contribution in [1.82, 2.24) is 9.55 Å². The van der Waals surface area contributed by atoms with E-state index in [4.69, 9.17) is 9.84 Å². The van der Waals surface area contributed by atoms with E-state index in [-0.39, 0.29) is 0 Å². The molecule has 1 aromatic rings. The summed E-state index contributed by atoms with van der Waals surface area (Å²) in [6.45, 7) is -0.772. The highest BCUT2D eigenvalue weighted by atomic mass is 19.1. The quantitative estimate of drug-likeness (QED) is 0.483. The second-order valence-electron chi connectivity index (χ2n) is 4.32. The smallest absolute Gasteiger partial charge is 0.330 e. The van der Waals surface area contributed by atoms with E-state index in [0.717, 1.165) is 0 Å². The molecule has 0 bridgehead atoms. The molecular weight excluding hydrogens is 282 g/mol. The number of hydrogen-bond donors (Lipinski definition) is 4. The summed E-state index contributed by atoms with van der Waals surface area (Å²) < 4.78 is 32.3. The van der Waals surface area contributed by atoms with Gasteiger partial charge in [0.2, 0.25) is 5.82 Å². The summed E-state index contributed by atoms with van der Waals surface area (Å²) in [6.07, 6.45) is -8.63. The van der Waals surface area contributed by atoms with E-state index in [0.29, 0.717) is 10.8 Å². The third-order valence-electron chi connectivity index (χ3n) is 3.02. The Labute approximate surface area is 109 Å². The zero-order valence-electron chi connectivity index (χ0n) is 9.94. The largest absolute Gasteiger partial charge is 0.394 e. The molecule has 112 valence electrons. The van der Waals surface area contributed by atoms with Crippen LogP contribution in [0.25, 0.3) is 0 Å². The van der Waals surface area contributed by atoms with Crippen LogP contribution in [0.1, 0.15) is 6.23 Å². The van der Waals surface area contributed by atoms with Crippen LogP contribution in [0.5, 0.6) is 0 Å². The standard InChI is InChI=1S/C10H12F2N2O6/c11-3-1-14(10(19)13-8(3)18)9-7(17)5(12)6(16)4(2-15)20-9/h1,4-7,9,15-17H,2H2,(H,13,18,19)/t4-,5+,6?,7?,9-/m1/s1. The van der Waals surface area contributed by atoms with Crippen molar-refractivity contribution in [3.05, 3.63) is 32.9 Å². The molecule has 0 saturated carbocycles. The van der Waals surface area contributed by atoms with E-state index in [1.165, 1.54) is 0 Å². The summed E-state index contributed by atoms with van der Waals surface area (Å²) in [4.78, 5) is 24.0. The highest BCUT2D eigenvalue weighted by Gasteiger charge is 2.45. The second kappa shape index (κ2) is 5.40. The third-order valence-corrected chi connectivity index (χ3v) is 3.02. The summed E-state index contributed by atoms with van der Waals surface area (Å²) >= 11 is 0. The van der Waals surface area contributed by atoms with Gasteiger partial charge in [-0.2, -0.15) is 4.39 Å². The van der Waals surface area contributed by atoms with Crippen molar-refractivity contribution in [3.63, 3.8) is 0 Å². The van der Waals surface area contributed by atoms with Crippen molar-refractivity contribution < 1.29 is 28.8 Å². The highest BCUT2D eigenvalue weighted by molar-refractivity contribution is 4.95. The SMILES string of the molecule is O=c1[nH]c(=O)n([C@@H]2O[C@H](CO)C(O)[C@H](F)C2O)cc1F. The molecule has 2 unspecified atom stereocenters. The number of alkyl halides is 1. The molecule has 5 atom stereocenters. The van der Waals surface area contributed by atoms with Crippen LogP contribution in [0, 0.1) is 5.82 Å². The third kappa shape index (κ3) is 2.38. The van der Waals surface area contributed by atoms with Crippen LogP contribution in [0.3, 0.4) is 0 Å². The first-order valence-corrected chi connectivity index (χ1v) is 5.64. The van der Waals surface area contributed by atoms with Crippen molar-refractivity contribution in [2.75, 3.05) is 6.61 Å². The molecule has 2 rings (SSSR count). The van der Waals surface area contributed by atoms with Gasteiger partial charge in [-0.3, -0.25) is 14.3 Å². The van der Waals surface area contributed by atoms with E-state index < -0.39 is 54.4 Å². The van der Waals surface area contributed by atoms with Crippen LogP contribution in [-0.4, -0.2) is 56.0 Å². The number of ether oxygens (including phenoxy) is 1. The first kappa shape index (κ1) is 14.8. The number of aromatic nitrogens is 2. The molecule has 0 aliphatic carbocycles. The fourth-order valence-corrected chi connectivity index (χ4v) is 1.94. The minimum atomic E-state index is -2.22. The van der Waals surface area contributed by atoms with Crippen LogP contribution in [-0.2, 0) is 4.74 Å². The minimum Gasteiger partial charge on any atom is -0.394 e. The zero-order chi connectivity index (χ0) is 15.0. The van der Waals surface area contributed by atoms with Crippen LogP contribution in [0.15, 0.2) is 15.8 Å². The predicted octanol–water partition coefficient (Wildman–Crippen LogP) is -2.37. The molecule has 0 spiro atoms. The lowest BCUT2D eigenvalue weighted by atomic mass is 9.99. The average Bonchev–Trinajstić information content (AvgIpc) is 2.41. The van der Waals surface area contributed by atoms with Crippen molar-refractivity contribution in [2.45, 2.75) is 30.7 Å². The predicted molar refractivity (Wildman–Crippen MR) is 59.2 cm³/mol. The Hall–Kier alpha value is -1.62. The number of aromatic amines is 1. The van der Waals surface area contributed by atoms with Gasteiger partial charge in [-0.25, -0.2) is 9.18 Å². The number of halogens is 2. The minimum absolute atomic E-state index is 0.447. The Bertz CT molecular complexity index is 600. The number of H-pyrrole nitrogens is 1. The molecule has 1 fully saturated rings. The van der Waals surface area contributed by atoms with Gasteiger partial charge in [0, 0.05) is 0 Å². The van der Waals surface area contributed by atoms with Gasteiger partial charge < -0.3 is 20.1 Å². The van der Waals surface area contributed by atoms with Gasteiger partial charge in [-0.05, 0) is 0 Å². The molecule has 10 heteroatoms. The molecule has 20 heavy (non-hydrogen) atoms. The molecule has 1 saturated heterocycles. The van der Waals surface area contributed by atoms with Crippen molar-refractivity contribution in [3.8, 4) is 0 Å². The van der Waals surface area contributed by atoms with Gasteiger partial charge in [-0.1, -0.05) is 0 Å². The molecule has 0 aromatic carbocycles. The van der Waals surface area contributed by atoms with Crippen molar-refractivity contribution in [2.24, 2.45) is 0 Å². The van der Waals surface area contributed by atoms with Crippen LogP contribution in [0.4, 0.5) is 8.78 Å². The maximum atomic E-state index is 13.7. The van der Waals surface area contributed by atoms with Gasteiger partial charge in [0.1, 0.15) is 18.3 Å². The maximum Gasteiger partial charge on any atom is 0.330 e. The molecule has 2 heterocycles. The maximum absolute atomic E-state index is 13.7. The number of nitrogens with one attached hydrogen (secondary N) is 1. The molecule has 1 aliphatic heterocycles. The molecule has 4 N–H and O–H groups in total. The monoisotopic (exact) mass is 294 g/mol.